The molecule has 1 aliphatic rings. The molecule has 0 saturated carbocycles. The summed E-state index contributed by atoms with van der Waals surface area (Å²) < 4.78 is 25.4. The predicted octanol–water partition coefficient (Wildman–Crippen LogP) is 3.21. The van der Waals surface area contributed by atoms with Crippen molar-refractivity contribution in [1.29, 1.82) is 0 Å². The van der Waals surface area contributed by atoms with Gasteiger partial charge in [-0.15, -0.1) is 0 Å². The maximum atomic E-state index is 12.6. The van der Waals surface area contributed by atoms with Gasteiger partial charge in [0.1, 0.15) is 0 Å². The topological polar surface area (TPSA) is 66.5 Å². The maximum Gasteiger partial charge on any atom is 0.255 e. The van der Waals surface area contributed by atoms with Gasteiger partial charge < -0.3 is 5.32 Å². The monoisotopic (exact) mass is 358 g/mol. The van der Waals surface area contributed by atoms with E-state index >= 15 is 0 Å². The number of para-hydroxylation sites is 1. The largest absolute Gasteiger partial charge is 0.322 e. The highest BCUT2D eigenvalue weighted by Crippen LogP contribution is 2.34. The Labute approximate surface area is 148 Å². The molecule has 6 heteroatoms. The molecule has 1 amide bonds. The SMILES string of the molecule is CCc1ccccc1NC(=O)c1ccc2c(c1)CC(C)N2S(C)(=O)=O. The second kappa shape index (κ2) is 6.52. The van der Waals surface area contributed by atoms with Crippen molar-refractivity contribution in [2.45, 2.75) is 32.7 Å². The molecule has 5 nitrogen and oxygen atoms in total. The molecular weight excluding hydrogens is 336 g/mol. The first-order valence-electron chi connectivity index (χ1n) is 8.33. The minimum Gasteiger partial charge on any atom is -0.322 e. The molecule has 0 bridgehead atoms. The Balaban J connectivity index is 1.88. The minimum atomic E-state index is -3.32. The van der Waals surface area contributed by atoms with Crippen molar-refractivity contribution in [3.63, 3.8) is 0 Å². The average Bonchev–Trinajstić information content (AvgIpc) is 2.90. The molecule has 0 spiro atoms. The Bertz CT molecular complexity index is 922. The molecule has 132 valence electrons. The van der Waals surface area contributed by atoms with Crippen molar-refractivity contribution in [2.24, 2.45) is 0 Å². The number of hydrogen-bond donors (Lipinski definition) is 1. The first kappa shape index (κ1) is 17.5. The lowest BCUT2D eigenvalue weighted by Crippen LogP contribution is -2.34. The molecule has 2 aromatic rings. The van der Waals surface area contributed by atoms with E-state index in [9.17, 15) is 13.2 Å². The summed E-state index contributed by atoms with van der Waals surface area (Å²) >= 11 is 0. The number of nitrogens with zero attached hydrogens (tertiary/aromatic N) is 1. The molecule has 3 rings (SSSR count). The third-order valence-electron chi connectivity index (χ3n) is 4.50. The maximum absolute atomic E-state index is 12.6. The number of rotatable bonds is 4. The molecule has 0 aromatic heterocycles. The fourth-order valence-corrected chi connectivity index (χ4v) is 4.66. The van der Waals surface area contributed by atoms with Gasteiger partial charge in [0.25, 0.3) is 5.91 Å². The number of aryl methyl sites for hydroxylation is 1. The lowest BCUT2D eigenvalue weighted by Gasteiger charge is -2.21. The summed E-state index contributed by atoms with van der Waals surface area (Å²) in [5, 5.41) is 2.95. The van der Waals surface area contributed by atoms with E-state index < -0.39 is 10.0 Å². The lowest BCUT2D eigenvalue weighted by atomic mass is 10.1. The van der Waals surface area contributed by atoms with Gasteiger partial charge in [0.15, 0.2) is 0 Å². The van der Waals surface area contributed by atoms with Crippen molar-refractivity contribution in [2.75, 3.05) is 15.9 Å². The first-order chi connectivity index (χ1) is 11.8. The number of sulfonamides is 1. The summed E-state index contributed by atoms with van der Waals surface area (Å²) in [6.45, 7) is 3.92. The third kappa shape index (κ3) is 3.39. The van der Waals surface area contributed by atoms with E-state index in [0.717, 1.165) is 23.2 Å². The summed E-state index contributed by atoms with van der Waals surface area (Å²) in [5.74, 6) is -0.186. The predicted molar refractivity (Wildman–Crippen MR) is 101 cm³/mol. The van der Waals surface area contributed by atoms with Crippen LogP contribution in [0.1, 0.15) is 35.3 Å². The lowest BCUT2D eigenvalue weighted by molar-refractivity contribution is 0.102. The van der Waals surface area contributed by atoms with Crippen LogP contribution in [-0.4, -0.2) is 26.6 Å². The highest BCUT2D eigenvalue weighted by Gasteiger charge is 2.32. The van der Waals surface area contributed by atoms with E-state index in [0.29, 0.717) is 17.7 Å². The van der Waals surface area contributed by atoms with Crippen molar-refractivity contribution < 1.29 is 13.2 Å². The minimum absolute atomic E-state index is 0.135. The molecule has 1 atom stereocenters. The van der Waals surface area contributed by atoms with Gasteiger partial charge in [-0.05, 0) is 55.2 Å². The van der Waals surface area contributed by atoms with Gasteiger partial charge in [-0.2, -0.15) is 0 Å². The summed E-state index contributed by atoms with van der Waals surface area (Å²) in [6, 6.07) is 12.8. The second-order valence-electron chi connectivity index (χ2n) is 6.42. The van der Waals surface area contributed by atoms with Crippen LogP contribution in [0.2, 0.25) is 0 Å². The van der Waals surface area contributed by atoms with Crippen molar-refractivity contribution in [1.82, 2.24) is 0 Å². The number of nitrogens with one attached hydrogen (secondary N) is 1. The van der Waals surface area contributed by atoms with E-state index in [4.69, 9.17) is 0 Å². The average molecular weight is 358 g/mol. The molecule has 1 heterocycles. The van der Waals surface area contributed by atoms with Gasteiger partial charge in [0.2, 0.25) is 10.0 Å². The summed E-state index contributed by atoms with van der Waals surface area (Å²) in [5.41, 5.74) is 3.97. The Morgan fingerprint density at radius 2 is 1.96 bits per heavy atom. The van der Waals surface area contributed by atoms with Crippen LogP contribution in [0.3, 0.4) is 0 Å². The Hall–Kier alpha value is -2.34. The molecule has 0 aliphatic carbocycles. The van der Waals surface area contributed by atoms with Gasteiger partial charge in [-0.25, -0.2) is 8.42 Å². The number of carbonyl (C=O) groups excluding carboxylic acids is 1. The number of hydrogen-bond acceptors (Lipinski definition) is 3. The standard InChI is InChI=1S/C19H22N2O3S/c1-4-14-7-5-6-8-17(14)20-19(22)15-9-10-18-16(12-15)11-13(2)21(18)25(3,23)24/h5-10,12-13H,4,11H2,1-3H3,(H,20,22). The Kier molecular flexibility index (Phi) is 4.56. The van der Waals surface area contributed by atoms with E-state index in [1.165, 1.54) is 10.6 Å². The highest BCUT2D eigenvalue weighted by molar-refractivity contribution is 7.92. The normalized spacial score (nSPS) is 16.6. The summed E-state index contributed by atoms with van der Waals surface area (Å²) in [4.78, 5) is 12.6. The molecule has 1 unspecified atom stereocenters. The molecular formula is C19H22N2O3S. The fourth-order valence-electron chi connectivity index (χ4n) is 3.39. The second-order valence-corrected chi connectivity index (χ2v) is 8.28. The zero-order chi connectivity index (χ0) is 18.2. The smallest absolute Gasteiger partial charge is 0.255 e. The molecule has 0 fully saturated rings. The van der Waals surface area contributed by atoms with Gasteiger partial charge in [0.05, 0.1) is 11.9 Å². The van der Waals surface area contributed by atoms with Crippen LogP contribution in [0, 0.1) is 0 Å². The van der Waals surface area contributed by atoms with Gasteiger partial charge >= 0.3 is 0 Å². The zero-order valence-corrected chi connectivity index (χ0v) is 15.4. The van der Waals surface area contributed by atoms with E-state index in [-0.39, 0.29) is 11.9 Å². The summed E-state index contributed by atoms with van der Waals surface area (Å²) in [6.07, 6.45) is 2.65. The third-order valence-corrected chi connectivity index (χ3v) is 5.77. The van der Waals surface area contributed by atoms with E-state index in [2.05, 4.69) is 5.32 Å². The molecule has 1 N–H and O–H groups in total. The molecule has 25 heavy (non-hydrogen) atoms. The van der Waals surface area contributed by atoms with Gasteiger partial charge in [-0.1, -0.05) is 25.1 Å². The van der Waals surface area contributed by atoms with E-state index in [1.807, 2.05) is 38.1 Å². The number of amides is 1. The van der Waals surface area contributed by atoms with Crippen LogP contribution in [0.4, 0.5) is 11.4 Å². The van der Waals surface area contributed by atoms with Crippen LogP contribution in [-0.2, 0) is 22.9 Å². The first-order valence-corrected chi connectivity index (χ1v) is 10.2. The highest BCUT2D eigenvalue weighted by atomic mass is 32.2. The number of anilines is 2. The Morgan fingerprint density at radius 3 is 2.64 bits per heavy atom. The van der Waals surface area contributed by atoms with Crippen molar-refractivity contribution >= 4 is 27.3 Å². The quantitative estimate of drug-likeness (QED) is 0.913. The van der Waals surface area contributed by atoms with Crippen molar-refractivity contribution in [3.8, 4) is 0 Å². The number of benzene rings is 2. The molecule has 2 aromatic carbocycles. The van der Waals surface area contributed by atoms with E-state index in [1.54, 1.807) is 18.2 Å². The molecule has 0 radical (unpaired) electrons. The molecule has 1 aliphatic heterocycles. The molecule has 0 saturated heterocycles. The van der Waals surface area contributed by atoms with Gasteiger partial charge in [0, 0.05) is 17.3 Å². The zero-order valence-electron chi connectivity index (χ0n) is 14.6. The summed E-state index contributed by atoms with van der Waals surface area (Å²) in [7, 11) is -3.32. The van der Waals surface area contributed by atoms with Crippen LogP contribution in [0.25, 0.3) is 0 Å². The van der Waals surface area contributed by atoms with Crippen LogP contribution in [0.15, 0.2) is 42.5 Å². The fraction of sp³-hybridized carbons (Fsp3) is 0.316. The number of fused-ring (bicyclic) bond motifs is 1. The van der Waals surface area contributed by atoms with Crippen molar-refractivity contribution in [3.05, 3.63) is 59.2 Å². The van der Waals surface area contributed by atoms with Crippen LogP contribution < -0.4 is 9.62 Å². The van der Waals surface area contributed by atoms with Gasteiger partial charge in [-0.3, -0.25) is 9.10 Å². The van der Waals surface area contributed by atoms with Crippen LogP contribution in [0.5, 0.6) is 0 Å². The van der Waals surface area contributed by atoms with Crippen LogP contribution >= 0.6 is 0 Å². The number of carbonyl (C=O) groups is 1. The Morgan fingerprint density at radius 1 is 1.24 bits per heavy atom.